The lowest BCUT2D eigenvalue weighted by molar-refractivity contribution is 0.0693. The molecular formula is C24H26O4. The summed E-state index contributed by atoms with van der Waals surface area (Å²) in [6, 6.07) is 10.2. The van der Waals surface area contributed by atoms with Crippen molar-refractivity contribution in [3.05, 3.63) is 64.2 Å². The lowest BCUT2D eigenvalue weighted by atomic mass is 9.63. The first-order chi connectivity index (χ1) is 13.0. The van der Waals surface area contributed by atoms with E-state index < -0.39 is 12.1 Å². The van der Waals surface area contributed by atoms with Crippen LogP contribution < -0.4 is 0 Å². The maximum atomic E-state index is 11.0. The molecule has 3 N–H and O–H groups in total. The third kappa shape index (κ3) is 3.76. The number of carbonyl (C=O) groups is 1. The minimum Gasteiger partial charge on any atom is -0.507 e. The van der Waals surface area contributed by atoms with Crippen LogP contribution in [0.5, 0.6) is 5.75 Å². The van der Waals surface area contributed by atoms with Gasteiger partial charge in [-0.05, 0) is 58.6 Å². The van der Waals surface area contributed by atoms with Crippen molar-refractivity contribution in [2.45, 2.75) is 57.5 Å². The van der Waals surface area contributed by atoms with Gasteiger partial charge in [0, 0.05) is 5.56 Å². The molecule has 4 nitrogen and oxygen atoms in total. The normalized spacial score (nSPS) is 17.8. The van der Waals surface area contributed by atoms with Gasteiger partial charge in [-0.25, -0.2) is 4.79 Å². The lowest BCUT2D eigenvalue weighted by Crippen LogP contribution is -2.34. The van der Waals surface area contributed by atoms with Crippen LogP contribution in [-0.4, -0.2) is 21.3 Å². The second-order valence-electron chi connectivity index (χ2n) is 8.78. The summed E-state index contributed by atoms with van der Waals surface area (Å²) in [5.74, 6) is 4.07. The molecule has 0 fully saturated rings. The van der Waals surface area contributed by atoms with Gasteiger partial charge >= 0.3 is 5.97 Å². The van der Waals surface area contributed by atoms with Crippen LogP contribution in [0.15, 0.2) is 36.4 Å². The van der Waals surface area contributed by atoms with Gasteiger partial charge in [0.1, 0.15) is 17.4 Å². The molecule has 0 heterocycles. The predicted octanol–water partition coefficient (Wildman–Crippen LogP) is 4.52. The lowest BCUT2D eigenvalue weighted by Gasteiger charge is -2.42. The molecule has 0 spiro atoms. The van der Waals surface area contributed by atoms with Gasteiger partial charge in [-0.3, -0.25) is 0 Å². The molecule has 4 heteroatoms. The molecule has 28 heavy (non-hydrogen) atoms. The van der Waals surface area contributed by atoms with Gasteiger partial charge in [-0.2, -0.15) is 0 Å². The van der Waals surface area contributed by atoms with Crippen LogP contribution >= 0.6 is 0 Å². The minimum atomic E-state index is -1.20. The first-order valence-corrected chi connectivity index (χ1v) is 9.42. The predicted molar refractivity (Wildman–Crippen MR) is 109 cm³/mol. The Morgan fingerprint density at radius 3 is 2.25 bits per heavy atom. The molecule has 0 saturated carbocycles. The number of aromatic carboxylic acids is 1. The highest BCUT2D eigenvalue weighted by atomic mass is 16.4. The van der Waals surface area contributed by atoms with Gasteiger partial charge in [0.05, 0.1) is 0 Å². The standard InChI is InChI=1S/C24H26O4/c1-23(2)11-12-24(3,4)19-14-16(7-9-18(19)23)20(25)10-6-15-5-8-17(22(27)28)21(26)13-15/h5,7-9,13-14,20,25-26H,11-12H2,1-4H3,(H,27,28)/t20-/m0/s1. The van der Waals surface area contributed by atoms with Crippen molar-refractivity contribution in [1.29, 1.82) is 0 Å². The number of aliphatic hydroxyl groups is 1. The molecule has 0 amide bonds. The summed E-state index contributed by atoms with van der Waals surface area (Å²) in [4.78, 5) is 11.0. The molecule has 0 saturated heterocycles. The number of aliphatic hydroxyl groups excluding tert-OH is 1. The zero-order chi connectivity index (χ0) is 20.7. The van der Waals surface area contributed by atoms with Crippen molar-refractivity contribution >= 4 is 5.97 Å². The molecule has 3 rings (SSSR count). The third-order valence-electron chi connectivity index (χ3n) is 5.77. The molecule has 0 bridgehead atoms. The fraction of sp³-hybridized carbons (Fsp3) is 0.375. The minimum absolute atomic E-state index is 0.0481. The Hall–Kier alpha value is -2.77. The van der Waals surface area contributed by atoms with Crippen molar-refractivity contribution < 1.29 is 20.1 Å². The Kier molecular flexibility index (Phi) is 4.99. The van der Waals surface area contributed by atoms with Crippen LogP contribution in [0.3, 0.4) is 0 Å². The summed E-state index contributed by atoms with van der Waals surface area (Å²) < 4.78 is 0. The molecule has 2 aromatic carbocycles. The molecule has 146 valence electrons. The summed E-state index contributed by atoms with van der Waals surface area (Å²) in [7, 11) is 0. The second kappa shape index (κ2) is 7.00. The molecule has 1 atom stereocenters. The fourth-order valence-electron chi connectivity index (χ4n) is 3.80. The van der Waals surface area contributed by atoms with E-state index in [1.54, 1.807) is 0 Å². The summed E-state index contributed by atoms with van der Waals surface area (Å²) in [5.41, 5.74) is 3.75. The van der Waals surface area contributed by atoms with Gasteiger partial charge in [0.15, 0.2) is 0 Å². The van der Waals surface area contributed by atoms with Gasteiger partial charge in [0.2, 0.25) is 0 Å². The van der Waals surface area contributed by atoms with E-state index in [1.807, 2.05) is 6.07 Å². The molecular weight excluding hydrogens is 352 g/mol. The second-order valence-corrected chi connectivity index (χ2v) is 8.78. The van der Waals surface area contributed by atoms with Gasteiger partial charge in [-0.1, -0.05) is 57.7 Å². The summed E-state index contributed by atoms with van der Waals surface area (Å²) >= 11 is 0. The summed E-state index contributed by atoms with van der Waals surface area (Å²) in [6.45, 7) is 8.97. The van der Waals surface area contributed by atoms with Crippen molar-refractivity contribution in [2.24, 2.45) is 0 Å². The Balaban J connectivity index is 1.91. The van der Waals surface area contributed by atoms with Crippen molar-refractivity contribution in [3.8, 4) is 17.6 Å². The first-order valence-electron chi connectivity index (χ1n) is 9.42. The number of phenols is 1. The van der Waals surface area contributed by atoms with Crippen LogP contribution in [0.2, 0.25) is 0 Å². The Morgan fingerprint density at radius 1 is 1.00 bits per heavy atom. The average Bonchev–Trinajstić information content (AvgIpc) is 2.63. The number of rotatable bonds is 2. The number of benzene rings is 2. The van der Waals surface area contributed by atoms with E-state index in [9.17, 15) is 15.0 Å². The van der Waals surface area contributed by atoms with Crippen molar-refractivity contribution in [1.82, 2.24) is 0 Å². The Morgan fingerprint density at radius 2 is 1.64 bits per heavy atom. The van der Waals surface area contributed by atoms with E-state index in [2.05, 4.69) is 51.7 Å². The van der Waals surface area contributed by atoms with E-state index in [1.165, 1.54) is 29.3 Å². The molecule has 0 unspecified atom stereocenters. The number of hydrogen-bond acceptors (Lipinski definition) is 3. The highest BCUT2D eigenvalue weighted by Crippen LogP contribution is 2.46. The summed E-state index contributed by atoms with van der Waals surface area (Å²) in [6.07, 6.45) is 1.25. The highest BCUT2D eigenvalue weighted by Gasteiger charge is 2.37. The zero-order valence-electron chi connectivity index (χ0n) is 16.7. The Labute approximate surface area is 165 Å². The quantitative estimate of drug-likeness (QED) is 0.671. The van der Waals surface area contributed by atoms with Gasteiger partial charge < -0.3 is 15.3 Å². The number of hydrogen-bond donors (Lipinski definition) is 3. The van der Waals surface area contributed by atoms with Crippen molar-refractivity contribution in [2.75, 3.05) is 0 Å². The van der Waals surface area contributed by atoms with Crippen LogP contribution in [-0.2, 0) is 10.8 Å². The smallest absolute Gasteiger partial charge is 0.339 e. The van der Waals surface area contributed by atoms with E-state index in [0.717, 1.165) is 18.4 Å². The maximum Gasteiger partial charge on any atom is 0.339 e. The number of fused-ring (bicyclic) bond motifs is 1. The summed E-state index contributed by atoms with van der Waals surface area (Å²) in [5, 5.41) is 29.3. The molecule has 0 aromatic heterocycles. The number of aromatic hydroxyl groups is 1. The van der Waals surface area contributed by atoms with Gasteiger partial charge in [0.25, 0.3) is 0 Å². The maximum absolute atomic E-state index is 11.0. The molecule has 0 radical (unpaired) electrons. The van der Waals surface area contributed by atoms with Crippen LogP contribution in [0, 0.1) is 11.8 Å². The third-order valence-corrected chi connectivity index (χ3v) is 5.77. The van der Waals surface area contributed by atoms with Crippen molar-refractivity contribution in [3.63, 3.8) is 0 Å². The average molecular weight is 378 g/mol. The van der Waals surface area contributed by atoms with Gasteiger partial charge in [-0.15, -0.1) is 0 Å². The molecule has 0 aliphatic heterocycles. The Bertz CT molecular complexity index is 989. The fourth-order valence-corrected chi connectivity index (χ4v) is 3.80. The first kappa shape index (κ1) is 20.0. The SMILES string of the molecule is CC1(C)CCC(C)(C)c2cc([C@@H](O)C#Cc3ccc(C(=O)O)c(O)c3)ccc21. The monoisotopic (exact) mass is 378 g/mol. The molecule has 1 aliphatic carbocycles. The zero-order valence-corrected chi connectivity index (χ0v) is 16.7. The molecule has 1 aliphatic rings. The van der Waals surface area contributed by atoms with E-state index in [-0.39, 0.29) is 22.1 Å². The number of carboxylic acids is 1. The molecule has 2 aromatic rings. The van der Waals surface area contributed by atoms with Crippen LogP contribution in [0.4, 0.5) is 0 Å². The van der Waals surface area contributed by atoms with E-state index in [0.29, 0.717) is 5.56 Å². The van der Waals surface area contributed by atoms with Crippen LogP contribution in [0.1, 0.15) is 79.3 Å². The number of carboxylic acid groups (broad SMARTS) is 1. The van der Waals surface area contributed by atoms with Crippen LogP contribution in [0.25, 0.3) is 0 Å². The van der Waals surface area contributed by atoms with E-state index >= 15 is 0 Å². The topological polar surface area (TPSA) is 77.8 Å². The van der Waals surface area contributed by atoms with E-state index in [4.69, 9.17) is 5.11 Å². The highest BCUT2D eigenvalue weighted by molar-refractivity contribution is 5.90. The largest absolute Gasteiger partial charge is 0.507 e.